The quantitative estimate of drug-likeness (QED) is 0.142. The number of rotatable bonds is 8. The number of furan rings is 1. The molecule has 0 saturated carbocycles. The lowest BCUT2D eigenvalue weighted by atomic mass is 10.1. The average Bonchev–Trinajstić information content (AvgIpc) is 3.34. The molecule has 0 saturated heterocycles. The van der Waals surface area contributed by atoms with Gasteiger partial charge in [-0.25, -0.2) is 5.43 Å². The van der Waals surface area contributed by atoms with E-state index in [1.54, 1.807) is 6.21 Å². The summed E-state index contributed by atoms with van der Waals surface area (Å²) in [6, 6.07) is 29.2. The van der Waals surface area contributed by atoms with Crippen LogP contribution in [0.2, 0.25) is 0 Å². The van der Waals surface area contributed by atoms with Gasteiger partial charge in [-0.2, -0.15) is 20.1 Å². The number of halogens is 1. The van der Waals surface area contributed by atoms with Gasteiger partial charge < -0.3 is 15.1 Å². The molecule has 5 rings (SSSR count). The number of aromatic nitrogens is 3. The predicted octanol–water partition coefficient (Wildman–Crippen LogP) is 7.14. The van der Waals surface area contributed by atoms with Crippen LogP contribution in [0.1, 0.15) is 11.3 Å². The van der Waals surface area contributed by atoms with Crippen molar-refractivity contribution in [3.63, 3.8) is 0 Å². The Hall–Kier alpha value is -4.50. The summed E-state index contributed by atoms with van der Waals surface area (Å²) < 4.78 is 6.91. The highest BCUT2D eigenvalue weighted by atomic mass is 79.9. The number of hydrazone groups is 1. The number of nitrogens with zero attached hydrogens (tertiary/aromatic N) is 4. The number of aryl methyl sites for hydroxylation is 1. The minimum atomic E-state index is 0.270. The van der Waals surface area contributed by atoms with Crippen LogP contribution in [-0.2, 0) is 0 Å². The van der Waals surface area contributed by atoms with Crippen LogP contribution in [0.3, 0.4) is 0 Å². The van der Waals surface area contributed by atoms with Gasteiger partial charge >= 0.3 is 0 Å². The first-order valence-corrected chi connectivity index (χ1v) is 12.0. The molecule has 0 aliphatic heterocycles. The Labute approximate surface area is 216 Å². The van der Waals surface area contributed by atoms with Gasteiger partial charge in [0.1, 0.15) is 11.5 Å². The summed E-state index contributed by atoms with van der Waals surface area (Å²) in [7, 11) is 0. The van der Waals surface area contributed by atoms with Gasteiger partial charge in [0.25, 0.3) is 0 Å². The van der Waals surface area contributed by atoms with Gasteiger partial charge in [-0.3, -0.25) is 0 Å². The molecule has 36 heavy (non-hydrogen) atoms. The molecule has 3 aromatic carbocycles. The Kier molecular flexibility index (Phi) is 7.00. The third kappa shape index (κ3) is 5.94. The Morgan fingerprint density at radius 3 is 1.97 bits per heavy atom. The number of benzene rings is 3. The molecular weight excluding hydrogens is 518 g/mol. The summed E-state index contributed by atoms with van der Waals surface area (Å²) in [4.78, 5) is 13.4. The summed E-state index contributed by atoms with van der Waals surface area (Å²) in [6.07, 6.45) is 1.57. The fourth-order valence-corrected chi connectivity index (χ4v) is 4.07. The van der Waals surface area contributed by atoms with Crippen LogP contribution in [0, 0.1) is 6.92 Å². The van der Waals surface area contributed by atoms with Gasteiger partial charge in [0.2, 0.25) is 17.8 Å². The molecule has 0 bridgehead atoms. The zero-order valence-electron chi connectivity index (χ0n) is 19.3. The Morgan fingerprint density at radius 2 is 1.36 bits per heavy atom. The minimum Gasteiger partial charge on any atom is -0.455 e. The largest absolute Gasteiger partial charge is 0.455 e. The van der Waals surface area contributed by atoms with Crippen LogP contribution in [0.5, 0.6) is 0 Å². The molecule has 9 heteroatoms. The molecule has 3 N–H and O–H groups in total. The maximum atomic E-state index is 5.94. The van der Waals surface area contributed by atoms with Crippen molar-refractivity contribution in [3.8, 4) is 11.3 Å². The summed E-state index contributed by atoms with van der Waals surface area (Å²) in [6.45, 7) is 2.04. The van der Waals surface area contributed by atoms with Crippen LogP contribution in [0.25, 0.3) is 11.3 Å². The monoisotopic (exact) mass is 539 g/mol. The number of hydrogen-bond donors (Lipinski definition) is 3. The molecule has 0 unspecified atom stereocenters. The Balaban J connectivity index is 1.35. The maximum absolute atomic E-state index is 5.94. The van der Waals surface area contributed by atoms with Crippen LogP contribution in [-0.4, -0.2) is 21.2 Å². The minimum absolute atomic E-state index is 0.270. The van der Waals surface area contributed by atoms with E-state index in [0.717, 1.165) is 27.2 Å². The average molecular weight is 540 g/mol. The van der Waals surface area contributed by atoms with Gasteiger partial charge in [-0.1, -0.05) is 58.4 Å². The third-order valence-electron chi connectivity index (χ3n) is 5.07. The number of hydrogen-bond acceptors (Lipinski definition) is 8. The SMILES string of the molecule is Cc1ccc(-c2ccc(/C=N\Nc3nc(Nc4ccccc4)nc(Nc4ccccc4)n3)o2)c(Br)c1. The lowest BCUT2D eigenvalue weighted by Crippen LogP contribution is -2.07. The van der Waals surface area contributed by atoms with Gasteiger partial charge in [0, 0.05) is 21.4 Å². The van der Waals surface area contributed by atoms with Gasteiger partial charge in [0.15, 0.2) is 0 Å². The summed E-state index contributed by atoms with van der Waals surface area (Å²) >= 11 is 3.60. The second-order valence-electron chi connectivity index (χ2n) is 7.84. The van der Waals surface area contributed by atoms with Crippen molar-refractivity contribution in [2.75, 3.05) is 16.1 Å². The van der Waals surface area contributed by atoms with Crippen molar-refractivity contribution in [2.45, 2.75) is 6.92 Å². The molecule has 0 radical (unpaired) electrons. The van der Waals surface area contributed by atoms with E-state index in [9.17, 15) is 0 Å². The molecule has 0 amide bonds. The highest BCUT2D eigenvalue weighted by Crippen LogP contribution is 2.30. The first kappa shape index (κ1) is 23.3. The highest BCUT2D eigenvalue weighted by molar-refractivity contribution is 9.10. The van der Waals surface area contributed by atoms with Crippen LogP contribution < -0.4 is 16.1 Å². The fraction of sp³-hybridized carbons (Fsp3) is 0.0370. The van der Waals surface area contributed by atoms with Crippen molar-refractivity contribution in [3.05, 3.63) is 107 Å². The molecule has 0 atom stereocenters. The highest BCUT2D eigenvalue weighted by Gasteiger charge is 2.09. The number of anilines is 5. The molecule has 5 aromatic rings. The second kappa shape index (κ2) is 10.8. The zero-order chi connectivity index (χ0) is 24.7. The Morgan fingerprint density at radius 1 is 0.750 bits per heavy atom. The van der Waals surface area contributed by atoms with Crippen molar-refractivity contribution in [1.82, 2.24) is 15.0 Å². The van der Waals surface area contributed by atoms with Crippen molar-refractivity contribution in [2.24, 2.45) is 5.10 Å². The summed E-state index contributed by atoms with van der Waals surface area (Å²) in [5.74, 6) is 2.34. The van der Waals surface area contributed by atoms with Gasteiger partial charge in [-0.05, 0) is 61.0 Å². The molecule has 178 valence electrons. The van der Waals surface area contributed by atoms with E-state index in [2.05, 4.69) is 58.1 Å². The smallest absolute Gasteiger partial charge is 0.250 e. The van der Waals surface area contributed by atoms with Crippen LogP contribution >= 0.6 is 15.9 Å². The molecule has 8 nitrogen and oxygen atoms in total. The molecule has 0 spiro atoms. The van der Waals surface area contributed by atoms with E-state index in [4.69, 9.17) is 4.42 Å². The first-order valence-electron chi connectivity index (χ1n) is 11.2. The molecule has 2 aromatic heterocycles. The maximum Gasteiger partial charge on any atom is 0.250 e. The summed E-state index contributed by atoms with van der Waals surface area (Å²) in [5, 5.41) is 10.6. The fourth-order valence-electron chi connectivity index (χ4n) is 3.38. The normalized spacial score (nSPS) is 10.9. The van der Waals surface area contributed by atoms with Crippen molar-refractivity contribution < 1.29 is 4.42 Å². The molecule has 0 fully saturated rings. The second-order valence-corrected chi connectivity index (χ2v) is 8.70. The predicted molar refractivity (Wildman–Crippen MR) is 147 cm³/mol. The molecular formula is C27H22BrN7O. The van der Waals surface area contributed by atoms with E-state index in [0.29, 0.717) is 17.7 Å². The van der Waals surface area contributed by atoms with Crippen molar-refractivity contribution in [1.29, 1.82) is 0 Å². The lowest BCUT2D eigenvalue weighted by Gasteiger charge is -2.10. The van der Waals surface area contributed by atoms with Crippen molar-refractivity contribution >= 4 is 51.4 Å². The van der Waals surface area contributed by atoms with E-state index in [-0.39, 0.29) is 5.95 Å². The molecule has 0 aliphatic rings. The zero-order valence-corrected chi connectivity index (χ0v) is 20.9. The van der Waals surface area contributed by atoms with E-state index >= 15 is 0 Å². The number of nitrogens with one attached hydrogen (secondary N) is 3. The standard InChI is InChI=1S/C27H22BrN7O/c1-18-12-14-22(23(28)16-18)24-15-13-21(36-24)17-29-35-27-33-25(30-19-8-4-2-5-9-19)32-26(34-27)31-20-10-6-3-7-11-20/h2-17H,1H3,(H3,30,31,32,33,34,35)/b29-17-. The lowest BCUT2D eigenvalue weighted by molar-refractivity contribution is 0.574. The number of para-hydroxylation sites is 2. The van der Waals surface area contributed by atoms with E-state index in [1.807, 2.05) is 91.9 Å². The molecule has 2 heterocycles. The van der Waals surface area contributed by atoms with Crippen LogP contribution in [0.4, 0.5) is 29.2 Å². The van der Waals surface area contributed by atoms with Crippen LogP contribution in [0.15, 0.2) is 105 Å². The topological polar surface area (TPSA) is 100 Å². The van der Waals surface area contributed by atoms with E-state index in [1.165, 1.54) is 5.56 Å². The van der Waals surface area contributed by atoms with E-state index < -0.39 is 0 Å². The summed E-state index contributed by atoms with van der Waals surface area (Å²) in [5.41, 5.74) is 6.72. The first-order chi connectivity index (χ1) is 17.6. The third-order valence-corrected chi connectivity index (χ3v) is 5.72. The molecule has 0 aliphatic carbocycles. The van der Waals surface area contributed by atoms with Gasteiger partial charge in [0.05, 0.1) is 6.21 Å². The Bertz CT molecular complexity index is 1430. The van der Waals surface area contributed by atoms with Gasteiger partial charge in [-0.15, -0.1) is 0 Å².